The zero-order chi connectivity index (χ0) is 17.1. The van der Waals surface area contributed by atoms with Gasteiger partial charge in [0.05, 0.1) is 12.8 Å². The molecule has 0 aliphatic rings. The van der Waals surface area contributed by atoms with Crippen molar-refractivity contribution in [1.82, 2.24) is 4.57 Å². The monoisotopic (exact) mass is 377 g/mol. The molecule has 3 aromatic rings. The van der Waals surface area contributed by atoms with Crippen LogP contribution >= 0.6 is 35.2 Å². The molecule has 0 saturated carbocycles. The summed E-state index contributed by atoms with van der Waals surface area (Å²) in [6.45, 7) is 0. The van der Waals surface area contributed by atoms with Crippen LogP contribution in [-0.4, -0.2) is 16.8 Å². The topological polar surface area (TPSA) is 59.1 Å². The van der Waals surface area contributed by atoms with E-state index in [1.807, 2.05) is 12.1 Å². The van der Waals surface area contributed by atoms with Crippen molar-refractivity contribution in [3.63, 3.8) is 0 Å². The summed E-state index contributed by atoms with van der Waals surface area (Å²) in [7, 11) is 1.56. The Kier molecular flexibility index (Phi) is 4.94. The van der Waals surface area contributed by atoms with Gasteiger partial charge < -0.3 is 9.84 Å². The molecule has 1 N–H and O–H groups in total. The Morgan fingerprint density at radius 2 is 1.96 bits per heavy atom. The molecular weight excluding hydrogens is 366 g/mol. The molecule has 0 amide bonds. The summed E-state index contributed by atoms with van der Waals surface area (Å²) in [4.78, 5) is 0. The Hall–Kier alpha value is -2.22. The first-order valence-electron chi connectivity index (χ1n) is 6.85. The van der Waals surface area contributed by atoms with Gasteiger partial charge in [0, 0.05) is 5.02 Å². The minimum absolute atomic E-state index is 0.0779. The second-order valence-electron chi connectivity index (χ2n) is 4.68. The number of nitrogens with zero attached hydrogens (tertiary/aromatic N) is 3. The summed E-state index contributed by atoms with van der Waals surface area (Å²) >= 11 is 12.5. The van der Waals surface area contributed by atoms with Crippen LogP contribution < -0.4 is 4.74 Å². The lowest BCUT2D eigenvalue weighted by atomic mass is 10.3. The van der Waals surface area contributed by atoms with Crippen molar-refractivity contribution < 1.29 is 9.84 Å². The summed E-state index contributed by atoms with van der Waals surface area (Å²) in [5.74, 6) is 0.518. The van der Waals surface area contributed by atoms with E-state index in [0.29, 0.717) is 31.1 Å². The minimum atomic E-state index is -0.0779. The van der Waals surface area contributed by atoms with Crippen LogP contribution in [0.4, 0.5) is 10.7 Å². The van der Waals surface area contributed by atoms with Gasteiger partial charge in [0.2, 0.25) is 10.9 Å². The molecule has 24 heavy (non-hydrogen) atoms. The van der Waals surface area contributed by atoms with Gasteiger partial charge in [0.25, 0.3) is 0 Å². The Balaban J connectivity index is 2.01. The van der Waals surface area contributed by atoms with Gasteiger partial charge in [-0.1, -0.05) is 41.1 Å². The highest BCUT2D eigenvalue weighted by Crippen LogP contribution is 2.39. The molecule has 1 heterocycles. The lowest BCUT2D eigenvalue weighted by Gasteiger charge is -2.04. The molecule has 0 aliphatic carbocycles. The molecule has 0 fully saturated rings. The quantitative estimate of drug-likeness (QED) is 0.444. The van der Waals surface area contributed by atoms with Gasteiger partial charge >= 0.3 is 0 Å². The molecule has 2 aromatic carbocycles. The average molecular weight is 378 g/mol. The largest absolute Gasteiger partial charge is 0.494 e. The van der Waals surface area contributed by atoms with E-state index < -0.39 is 0 Å². The van der Waals surface area contributed by atoms with Crippen LogP contribution in [0.1, 0.15) is 0 Å². The van der Waals surface area contributed by atoms with Crippen LogP contribution in [0.5, 0.6) is 11.6 Å². The SMILES string of the molecule is COc1ccccc1N=Nc1sc(=S)n(-c2cccc(Cl)c2)c1O. The molecule has 0 spiro atoms. The molecule has 0 aliphatic heterocycles. The third-order valence-electron chi connectivity index (χ3n) is 3.17. The van der Waals surface area contributed by atoms with Crippen LogP contribution in [0.15, 0.2) is 58.8 Å². The highest BCUT2D eigenvalue weighted by Gasteiger charge is 2.13. The van der Waals surface area contributed by atoms with Gasteiger partial charge in [0.15, 0.2) is 3.95 Å². The van der Waals surface area contributed by atoms with E-state index in [1.165, 1.54) is 4.57 Å². The van der Waals surface area contributed by atoms with Gasteiger partial charge in [-0.2, -0.15) is 0 Å². The molecule has 0 saturated heterocycles. The third-order valence-corrected chi connectivity index (χ3v) is 4.65. The number of ether oxygens (including phenoxy) is 1. The van der Waals surface area contributed by atoms with Crippen molar-refractivity contribution in [3.8, 4) is 17.3 Å². The number of hydrogen-bond acceptors (Lipinski definition) is 6. The van der Waals surface area contributed by atoms with Crippen molar-refractivity contribution in [1.29, 1.82) is 0 Å². The summed E-state index contributed by atoms with van der Waals surface area (Å²) in [5.41, 5.74) is 1.23. The smallest absolute Gasteiger partial charge is 0.236 e. The first kappa shape index (κ1) is 16.6. The highest BCUT2D eigenvalue weighted by atomic mass is 35.5. The fourth-order valence-electron chi connectivity index (χ4n) is 2.08. The van der Waals surface area contributed by atoms with Crippen LogP contribution in [-0.2, 0) is 0 Å². The maximum absolute atomic E-state index is 10.4. The molecule has 8 heteroatoms. The molecular formula is C16H12ClN3O2S2. The molecule has 5 nitrogen and oxygen atoms in total. The number of rotatable bonds is 4. The number of thiazole rings is 1. The van der Waals surface area contributed by atoms with E-state index in [-0.39, 0.29) is 5.88 Å². The second-order valence-corrected chi connectivity index (χ2v) is 6.74. The van der Waals surface area contributed by atoms with Crippen molar-refractivity contribution in [3.05, 3.63) is 57.5 Å². The van der Waals surface area contributed by atoms with E-state index >= 15 is 0 Å². The number of halogens is 1. The molecule has 1 aromatic heterocycles. The van der Waals surface area contributed by atoms with Crippen LogP contribution in [0.2, 0.25) is 5.02 Å². The Morgan fingerprint density at radius 3 is 2.71 bits per heavy atom. The molecule has 0 atom stereocenters. The summed E-state index contributed by atoms with van der Waals surface area (Å²) in [6, 6.07) is 14.3. The number of aromatic nitrogens is 1. The van der Waals surface area contributed by atoms with Gasteiger partial charge in [-0.3, -0.25) is 4.57 Å². The van der Waals surface area contributed by atoms with Gasteiger partial charge in [0.1, 0.15) is 11.4 Å². The van der Waals surface area contributed by atoms with E-state index in [9.17, 15) is 5.11 Å². The van der Waals surface area contributed by atoms with Gasteiger partial charge in [-0.25, -0.2) is 0 Å². The fourth-order valence-corrected chi connectivity index (χ4v) is 3.40. The maximum atomic E-state index is 10.4. The maximum Gasteiger partial charge on any atom is 0.236 e. The zero-order valence-electron chi connectivity index (χ0n) is 12.5. The van der Waals surface area contributed by atoms with E-state index in [1.54, 1.807) is 43.5 Å². The Bertz CT molecular complexity index is 966. The third kappa shape index (κ3) is 3.33. The Labute approximate surface area is 152 Å². The highest BCUT2D eigenvalue weighted by molar-refractivity contribution is 7.73. The number of methoxy groups -OCH3 is 1. The normalized spacial score (nSPS) is 11.1. The Morgan fingerprint density at radius 1 is 1.17 bits per heavy atom. The summed E-state index contributed by atoms with van der Waals surface area (Å²) < 4.78 is 7.17. The van der Waals surface area contributed by atoms with Crippen LogP contribution in [0.25, 0.3) is 5.69 Å². The minimum Gasteiger partial charge on any atom is -0.494 e. The van der Waals surface area contributed by atoms with Gasteiger partial charge in [-0.15, -0.1) is 10.2 Å². The number of benzene rings is 2. The second kappa shape index (κ2) is 7.12. The molecule has 122 valence electrons. The summed E-state index contributed by atoms with van der Waals surface area (Å²) in [5, 5.41) is 19.5. The number of aromatic hydroxyl groups is 1. The molecule has 0 bridgehead atoms. The van der Waals surface area contributed by atoms with Crippen molar-refractivity contribution in [2.75, 3.05) is 7.11 Å². The average Bonchev–Trinajstić information content (AvgIpc) is 2.87. The predicted octanol–water partition coefficient (Wildman–Crippen LogP) is 6.05. The number of hydrogen-bond donors (Lipinski definition) is 1. The van der Waals surface area contributed by atoms with E-state index in [0.717, 1.165) is 11.3 Å². The number of azo groups is 1. The van der Waals surface area contributed by atoms with Crippen molar-refractivity contribution in [2.24, 2.45) is 10.2 Å². The standard InChI is InChI=1S/C16H12ClN3O2S2/c1-22-13-8-3-2-7-12(13)18-19-14-15(21)20(16(23)24-14)11-6-4-5-10(17)9-11/h2-9,21H,1H3. The number of para-hydroxylation sites is 1. The first-order chi connectivity index (χ1) is 11.6. The van der Waals surface area contributed by atoms with Crippen LogP contribution in [0.3, 0.4) is 0 Å². The molecule has 0 unspecified atom stereocenters. The summed E-state index contributed by atoms with van der Waals surface area (Å²) in [6.07, 6.45) is 0. The zero-order valence-corrected chi connectivity index (χ0v) is 14.9. The lowest BCUT2D eigenvalue weighted by Crippen LogP contribution is -1.91. The van der Waals surface area contributed by atoms with Crippen molar-refractivity contribution >= 4 is 45.8 Å². The van der Waals surface area contributed by atoms with Crippen molar-refractivity contribution in [2.45, 2.75) is 0 Å². The van der Waals surface area contributed by atoms with E-state index in [2.05, 4.69) is 10.2 Å². The van der Waals surface area contributed by atoms with E-state index in [4.69, 9.17) is 28.6 Å². The lowest BCUT2D eigenvalue weighted by molar-refractivity contribution is 0.415. The fraction of sp³-hybridized carbons (Fsp3) is 0.0625. The molecule has 0 radical (unpaired) electrons. The first-order valence-corrected chi connectivity index (χ1v) is 8.46. The van der Waals surface area contributed by atoms with Gasteiger partial charge in [-0.05, 0) is 42.5 Å². The van der Waals surface area contributed by atoms with Crippen LogP contribution in [0, 0.1) is 3.95 Å². The molecule has 3 rings (SSSR count). The predicted molar refractivity (Wildman–Crippen MR) is 98.3 cm³/mol.